The number of para-hydroxylation sites is 1. The van der Waals surface area contributed by atoms with Crippen LogP contribution in [0.1, 0.15) is 12.8 Å². The van der Waals surface area contributed by atoms with E-state index in [4.69, 9.17) is 5.73 Å². The lowest BCUT2D eigenvalue weighted by Gasteiger charge is -2.03. The second-order valence-corrected chi connectivity index (χ2v) is 6.95. The maximum absolute atomic E-state index is 11.9. The first-order chi connectivity index (χ1) is 9.47. The minimum Gasteiger partial charge on any atom is -0.382 e. The quantitative estimate of drug-likeness (QED) is 0.889. The smallest absolute Gasteiger partial charge is 0.182 e. The number of hydrogen-bond donors (Lipinski definition) is 2. The molecule has 106 valence electrons. The van der Waals surface area contributed by atoms with E-state index in [1.807, 2.05) is 30.3 Å². The molecule has 20 heavy (non-hydrogen) atoms. The molecule has 0 aliphatic heterocycles. The lowest BCUT2D eigenvalue weighted by atomic mass is 10.3. The van der Waals surface area contributed by atoms with Crippen molar-refractivity contribution in [3.8, 4) is 5.69 Å². The fourth-order valence-corrected chi connectivity index (χ4v) is 2.98. The van der Waals surface area contributed by atoms with Crippen LogP contribution >= 0.6 is 0 Å². The second kappa shape index (κ2) is 4.52. The summed E-state index contributed by atoms with van der Waals surface area (Å²) in [5.41, 5.74) is 6.73. The minimum absolute atomic E-state index is 0.0771. The predicted molar refractivity (Wildman–Crippen MR) is 77.7 cm³/mol. The van der Waals surface area contributed by atoms with E-state index in [-0.39, 0.29) is 10.7 Å². The molecule has 0 saturated heterocycles. The first-order valence-corrected chi connectivity index (χ1v) is 8.26. The highest BCUT2D eigenvalue weighted by atomic mass is 32.2. The molecule has 0 bridgehead atoms. The molecule has 0 amide bonds. The molecule has 1 saturated carbocycles. The van der Waals surface area contributed by atoms with Crippen molar-refractivity contribution in [3.05, 3.63) is 30.3 Å². The topological polar surface area (TPSA) is 90.0 Å². The van der Waals surface area contributed by atoms with Crippen LogP contribution in [-0.4, -0.2) is 30.5 Å². The molecule has 3 rings (SSSR count). The van der Waals surface area contributed by atoms with Crippen LogP contribution < -0.4 is 11.1 Å². The summed E-state index contributed by atoms with van der Waals surface area (Å²) >= 11 is 0. The summed E-state index contributed by atoms with van der Waals surface area (Å²) in [6.45, 7) is 0. The molecule has 1 fully saturated rings. The number of nitrogens with one attached hydrogen (secondary N) is 1. The number of aromatic nitrogens is 2. The van der Waals surface area contributed by atoms with Crippen LogP contribution in [0.2, 0.25) is 0 Å². The average Bonchev–Trinajstić information content (AvgIpc) is 3.12. The molecule has 2 aromatic rings. The van der Waals surface area contributed by atoms with Gasteiger partial charge in [0.2, 0.25) is 0 Å². The highest BCUT2D eigenvalue weighted by molar-refractivity contribution is 7.91. The van der Waals surface area contributed by atoms with E-state index in [9.17, 15) is 8.42 Å². The lowest BCUT2D eigenvalue weighted by Crippen LogP contribution is -2.07. The molecule has 1 aliphatic rings. The first-order valence-electron chi connectivity index (χ1n) is 6.37. The third-order valence-electron chi connectivity index (χ3n) is 3.17. The predicted octanol–water partition coefficient (Wildman–Crippen LogP) is 1.43. The Morgan fingerprint density at radius 1 is 1.30 bits per heavy atom. The molecule has 6 nitrogen and oxygen atoms in total. The molecule has 7 heteroatoms. The monoisotopic (exact) mass is 292 g/mol. The van der Waals surface area contributed by atoms with E-state index in [0.717, 1.165) is 24.8 Å². The summed E-state index contributed by atoms with van der Waals surface area (Å²) in [5, 5.41) is 7.46. The zero-order chi connectivity index (χ0) is 14.3. The van der Waals surface area contributed by atoms with Crippen molar-refractivity contribution in [1.29, 1.82) is 0 Å². The van der Waals surface area contributed by atoms with Crippen molar-refractivity contribution in [3.63, 3.8) is 0 Å². The fourth-order valence-electron chi connectivity index (χ4n) is 2.06. The number of nitrogens with two attached hydrogens (primary N) is 1. The van der Waals surface area contributed by atoms with Crippen molar-refractivity contribution >= 4 is 21.5 Å². The van der Waals surface area contributed by atoms with E-state index in [1.165, 1.54) is 4.68 Å². The number of benzene rings is 1. The van der Waals surface area contributed by atoms with Gasteiger partial charge in [-0.05, 0) is 25.0 Å². The van der Waals surface area contributed by atoms with Crippen LogP contribution in [0.5, 0.6) is 0 Å². The number of rotatable bonds is 4. The molecule has 0 radical (unpaired) electrons. The SMILES string of the molecule is CS(=O)(=O)c1c(NC2CC2)nn(-c2ccccc2)c1N. The third kappa shape index (κ3) is 2.36. The lowest BCUT2D eigenvalue weighted by molar-refractivity contribution is 0.602. The maximum Gasteiger partial charge on any atom is 0.182 e. The summed E-state index contributed by atoms with van der Waals surface area (Å²) in [4.78, 5) is 0.0771. The minimum atomic E-state index is -3.44. The van der Waals surface area contributed by atoms with Gasteiger partial charge in [-0.1, -0.05) is 18.2 Å². The Morgan fingerprint density at radius 2 is 1.95 bits per heavy atom. The Hall–Kier alpha value is -2.02. The molecule has 0 spiro atoms. The van der Waals surface area contributed by atoms with Gasteiger partial charge in [0, 0.05) is 12.3 Å². The zero-order valence-electron chi connectivity index (χ0n) is 11.1. The molecular formula is C13H16N4O2S. The van der Waals surface area contributed by atoms with E-state index < -0.39 is 9.84 Å². The summed E-state index contributed by atoms with van der Waals surface area (Å²) in [6.07, 6.45) is 3.20. The summed E-state index contributed by atoms with van der Waals surface area (Å²) in [5.74, 6) is 0.484. The van der Waals surface area contributed by atoms with Crippen molar-refractivity contribution in [2.75, 3.05) is 17.3 Å². The zero-order valence-corrected chi connectivity index (χ0v) is 11.9. The largest absolute Gasteiger partial charge is 0.382 e. The van der Waals surface area contributed by atoms with Crippen molar-refractivity contribution in [2.24, 2.45) is 0 Å². The maximum atomic E-state index is 11.9. The number of nitrogen functional groups attached to an aromatic ring is 1. The van der Waals surface area contributed by atoms with Gasteiger partial charge >= 0.3 is 0 Å². The molecule has 3 N–H and O–H groups in total. The number of anilines is 2. The van der Waals surface area contributed by atoms with Crippen LogP contribution in [-0.2, 0) is 9.84 Å². The van der Waals surface area contributed by atoms with Gasteiger partial charge in [-0.2, -0.15) is 0 Å². The second-order valence-electron chi connectivity index (χ2n) is 5.00. The van der Waals surface area contributed by atoms with Crippen molar-refractivity contribution in [2.45, 2.75) is 23.8 Å². The number of sulfone groups is 1. The Labute approximate surface area is 117 Å². The number of hydrogen-bond acceptors (Lipinski definition) is 5. The van der Waals surface area contributed by atoms with Crippen molar-refractivity contribution < 1.29 is 8.42 Å². The molecule has 1 aromatic heterocycles. The van der Waals surface area contributed by atoms with Gasteiger partial charge in [0.15, 0.2) is 20.6 Å². The van der Waals surface area contributed by atoms with Gasteiger partial charge < -0.3 is 11.1 Å². The Bertz CT molecular complexity index is 733. The van der Waals surface area contributed by atoms with Crippen LogP contribution in [0, 0.1) is 0 Å². The normalized spacial score (nSPS) is 15.2. The average molecular weight is 292 g/mol. The van der Waals surface area contributed by atoms with Crippen LogP contribution in [0.3, 0.4) is 0 Å². The first kappa shape index (κ1) is 13.0. The van der Waals surface area contributed by atoms with Gasteiger partial charge in [0.25, 0.3) is 0 Å². The summed E-state index contributed by atoms with van der Waals surface area (Å²) in [6, 6.07) is 9.54. The van der Waals surface area contributed by atoms with E-state index in [2.05, 4.69) is 10.4 Å². The van der Waals surface area contributed by atoms with E-state index in [0.29, 0.717) is 11.9 Å². The van der Waals surface area contributed by atoms with Crippen molar-refractivity contribution in [1.82, 2.24) is 9.78 Å². The standard InChI is InChI=1S/C13H16N4O2S/c1-20(18,19)11-12(14)17(10-5-3-2-4-6-10)16-13(11)15-9-7-8-9/h2-6,9H,7-8,14H2,1H3,(H,15,16). The Kier molecular flexibility index (Phi) is 2.93. The fraction of sp³-hybridized carbons (Fsp3) is 0.308. The highest BCUT2D eigenvalue weighted by Gasteiger charge is 2.29. The van der Waals surface area contributed by atoms with E-state index in [1.54, 1.807) is 0 Å². The number of nitrogens with zero attached hydrogens (tertiary/aromatic N) is 2. The molecule has 1 heterocycles. The molecular weight excluding hydrogens is 276 g/mol. The van der Waals surface area contributed by atoms with Crippen LogP contribution in [0.15, 0.2) is 35.2 Å². The molecule has 0 atom stereocenters. The van der Waals surface area contributed by atoms with Gasteiger partial charge in [-0.3, -0.25) is 0 Å². The molecule has 1 aliphatic carbocycles. The van der Waals surface area contributed by atoms with Crippen LogP contribution in [0.25, 0.3) is 5.69 Å². The van der Waals surface area contributed by atoms with Gasteiger partial charge in [0.1, 0.15) is 5.82 Å². The Morgan fingerprint density at radius 3 is 2.50 bits per heavy atom. The van der Waals surface area contributed by atoms with Gasteiger partial charge in [-0.25, -0.2) is 13.1 Å². The Balaban J connectivity index is 2.15. The molecule has 1 aromatic carbocycles. The van der Waals surface area contributed by atoms with Gasteiger partial charge in [-0.15, -0.1) is 5.10 Å². The van der Waals surface area contributed by atoms with Crippen LogP contribution in [0.4, 0.5) is 11.6 Å². The van der Waals surface area contributed by atoms with Gasteiger partial charge in [0.05, 0.1) is 5.69 Å². The summed E-state index contributed by atoms with van der Waals surface area (Å²) in [7, 11) is -3.44. The molecule has 0 unspecified atom stereocenters. The third-order valence-corrected chi connectivity index (χ3v) is 4.31. The summed E-state index contributed by atoms with van der Waals surface area (Å²) < 4.78 is 25.4. The highest BCUT2D eigenvalue weighted by Crippen LogP contribution is 2.33. The van der Waals surface area contributed by atoms with E-state index >= 15 is 0 Å².